The molecule has 4 saturated heterocycles. The van der Waals surface area contributed by atoms with Gasteiger partial charge in [-0.3, -0.25) is 9.69 Å². The molecule has 3 aliphatic carbocycles. The monoisotopic (exact) mass is 693 g/mol. The molecule has 12 atom stereocenters. The number of benzene rings is 1. The Morgan fingerprint density at radius 3 is 2.78 bits per heavy atom. The number of ether oxygens (including phenoxy) is 2. The highest BCUT2D eigenvalue weighted by atomic mass is 16.6. The average Bonchev–Trinajstić information content (AvgIpc) is 3.58. The molecule has 0 aromatic heterocycles. The van der Waals surface area contributed by atoms with E-state index in [9.17, 15) is 9.90 Å². The van der Waals surface area contributed by atoms with Gasteiger partial charge in [-0.15, -0.1) is 0 Å². The molecule has 51 heavy (non-hydrogen) atoms. The number of nitrogens with zero attached hydrogens (tertiary/aromatic N) is 2. The van der Waals surface area contributed by atoms with Gasteiger partial charge in [0.1, 0.15) is 11.2 Å². The number of rotatable bonds is 5. The highest BCUT2D eigenvalue weighted by Crippen LogP contribution is 2.85. The van der Waals surface area contributed by atoms with E-state index in [4.69, 9.17) is 15.2 Å². The number of nitrogens with two attached hydrogens (primary N) is 1. The number of carbonyl (C=O) groups is 2. The van der Waals surface area contributed by atoms with Gasteiger partial charge in [-0.1, -0.05) is 56.2 Å². The Morgan fingerprint density at radius 1 is 1.10 bits per heavy atom. The lowest BCUT2D eigenvalue weighted by atomic mass is 9.31. The first kappa shape index (κ1) is 32.5. The Hall–Kier alpha value is -3.10. The van der Waals surface area contributed by atoms with Gasteiger partial charge in [-0.05, 0) is 101 Å². The van der Waals surface area contributed by atoms with E-state index in [0.717, 1.165) is 75.7 Å². The van der Waals surface area contributed by atoms with Crippen LogP contribution in [0.5, 0.6) is 0 Å². The molecular formula is C43H55N3O5. The number of esters is 2. The van der Waals surface area contributed by atoms with E-state index in [1.165, 1.54) is 17.7 Å². The lowest BCUT2D eigenvalue weighted by molar-refractivity contribution is -0.272. The third kappa shape index (κ3) is 3.89. The molecule has 12 unspecified atom stereocenters. The van der Waals surface area contributed by atoms with Gasteiger partial charge in [0.15, 0.2) is 11.4 Å². The van der Waals surface area contributed by atoms with E-state index >= 15 is 4.79 Å². The van der Waals surface area contributed by atoms with Crippen molar-refractivity contribution >= 4 is 11.9 Å². The Kier molecular flexibility index (Phi) is 7.15. The zero-order valence-electron chi connectivity index (χ0n) is 30.7. The fourth-order valence-electron chi connectivity index (χ4n) is 13.9. The van der Waals surface area contributed by atoms with Crippen LogP contribution in [0.15, 0.2) is 53.1 Å². The maximum atomic E-state index is 15.0. The van der Waals surface area contributed by atoms with Crippen LogP contribution in [0.2, 0.25) is 0 Å². The first-order valence-electron chi connectivity index (χ1n) is 20.3. The number of carbonyl (C=O) groups excluding carboxylic acids is 2. The van der Waals surface area contributed by atoms with Crippen LogP contribution in [0.4, 0.5) is 0 Å². The third-order valence-electron chi connectivity index (χ3n) is 15.7. The summed E-state index contributed by atoms with van der Waals surface area (Å²) in [6.07, 6.45) is 14.6. The number of allylic oxidation sites excluding steroid dienone is 2. The Balaban J connectivity index is 1.24. The second kappa shape index (κ2) is 11.2. The molecule has 8 heteroatoms. The Morgan fingerprint density at radius 2 is 1.96 bits per heavy atom. The van der Waals surface area contributed by atoms with Crippen LogP contribution < -0.4 is 5.73 Å². The summed E-state index contributed by atoms with van der Waals surface area (Å²) in [5.74, 6) is 1.65. The predicted molar refractivity (Wildman–Crippen MR) is 193 cm³/mol. The standard InChI is InChI=1S/C43H55N3O5/c1-4-7-35-41-20-28-15-16-42(41,43(35)32-10-5-8-27(9-6-17-44)36(32)39(48)51-43)38(50-40(41)49)37(47)30-12-14-33-29-19-26(22-46(33)25(30)3)21-45(23-29)34-13-11-24(2)18-31(28)34/h5,8,10,13,20,24-26,29-31,33,35,47H,4,6-7,9,11-12,14-19,21-23,44H2,1-3H3. The first-order valence-corrected chi connectivity index (χ1v) is 20.3. The van der Waals surface area contributed by atoms with Crippen LogP contribution in [0.1, 0.15) is 106 Å². The fourth-order valence-corrected chi connectivity index (χ4v) is 13.9. The largest absolute Gasteiger partial charge is 0.508 e. The second-order valence-corrected chi connectivity index (χ2v) is 18.0. The maximum Gasteiger partial charge on any atom is 0.339 e. The molecule has 10 bridgehead atoms. The molecule has 3 N–H and O–H groups in total. The number of hydrogen-bond donors (Lipinski definition) is 2. The molecule has 15 rings (SSSR count). The summed E-state index contributed by atoms with van der Waals surface area (Å²) in [7, 11) is 0. The first-order chi connectivity index (χ1) is 24.7. The lowest BCUT2D eigenvalue weighted by Crippen LogP contribution is -2.75. The van der Waals surface area contributed by atoms with Crippen LogP contribution >= 0.6 is 0 Å². The van der Waals surface area contributed by atoms with Gasteiger partial charge < -0.3 is 25.2 Å². The highest BCUT2D eigenvalue weighted by Gasteiger charge is 2.91. The van der Waals surface area contributed by atoms with Crippen LogP contribution in [0.3, 0.4) is 0 Å². The Labute approximate surface area is 302 Å². The topological polar surface area (TPSA) is 105 Å². The summed E-state index contributed by atoms with van der Waals surface area (Å²) in [5, 5.41) is 12.8. The fraction of sp³-hybridized carbons (Fsp3) is 0.674. The van der Waals surface area contributed by atoms with E-state index in [2.05, 4.69) is 48.8 Å². The summed E-state index contributed by atoms with van der Waals surface area (Å²) in [5.41, 5.74) is 8.13. The minimum Gasteiger partial charge on any atom is -0.508 e. The predicted octanol–water partition coefficient (Wildman–Crippen LogP) is 6.76. The molecule has 8 nitrogen and oxygen atoms in total. The van der Waals surface area contributed by atoms with Gasteiger partial charge in [-0.25, -0.2) is 4.79 Å². The number of fused-ring (bicyclic) bond motifs is 2. The van der Waals surface area contributed by atoms with Gasteiger partial charge in [0.05, 0.1) is 11.0 Å². The molecule has 14 aliphatic rings. The molecule has 2 spiro atoms. The summed E-state index contributed by atoms with van der Waals surface area (Å²) in [4.78, 5) is 34.8. The zero-order chi connectivity index (χ0) is 35.0. The molecule has 1 aromatic rings. The number of aliphatic hydroxyl groups is 1. The van der Waals surface area contributed by atoms with Gasteiger partial charge in [0.2, 0.25) is 0 Å². The minimum absolute atomic E-state index is 0.115. The molecule has 11 aliphatic heterocycles. The van der Waals surface area contributed by atoms with Gasteiger partial charge in [0, 0.05) is 60.7 Å². The van der Waals surface area contributed by atoms with Crippen LogP contribution in [-0.2, 0) is 26.3 Å². The summed E-state index contributed by atoms with van der Waals surface area (Å²) in [6.45, 7) is 10.6. The summed E-state index contributed by atoms with van der Waals surface area (Å²) >= 11 is 0. The molecule has 1 aromatic carbocycles. The van der Waals surface area contributed by atoms with Crippen molar-refractivity contribution in [1.82, 2.24) is 9.80 Å². The van der Waals surface area contributed by atoms with E-state index in [0.29, 0.717) is 60.9 Å². The molecule has 0 amide bonds. The smallest absolute Gasteiger partial charge is 0.339 e. The van der Waals surface area contributed by atoms with Crippen molar-refractivity contribution in [3.05, 3.63) is 69.8 Å². The van der Waals surface area contributed by atoms with Gasteiger partial charge in [-0.2, -0.15) is 0 Å². The summed E-state index contributed by atoms with van der Waals surface area (Å²) in [6, 6.07) is 6.76. The van der Waals surface area contributed by atoms with Gasteiger partial charge in [0.25, 0.3) is 0 Å². The Bertz CT molecular complexity index is 1800. The molecule has 1 saturated carbocycles. The maximum absolute atomic E-state index is 15.0. The normalized spacial score (nSPS) is 44.3. The third-order valence-corrected chi connectivity index (χ3v) is 15.7. The molecule has 11 heterocycles. The second-order valence-electron chi connectivity index (χ2n) is 18.0. The van der Waals surface area contributed by atoms with Crippen LogP contribution in [0, 0.1) is 46.3 Å². The minimum atomic E-state index is -1.10. The zero-order valence-corrected chi connectivity index (χ0v) is 30.7. The van der Waals surface area contributed by atoms with E-state index < -0.39 is 16.4 Å². The molecular weight excluding hydrogens is 638 g/mol. The molecule has 0 radical (unpaired) electrons. The highest BCUT2D eigenvalue weighted by molar-refractivity contribution is 5.99. The van der Waals surface area contributed by atoms with E-state index in [1.807, 2.05) is 12.1 Å². The van der Waals surface area contributed by atoms with Crippen LogP contribution in [0.25, 0.3) is 0 Å². The molecule has 5 fully saturated rings. The van der Waals surface area contributed by atoms with Crippen molar-refractivity contribution in [2.24, 2.45) is 52.1 Å². The summed E-state index contributed by atoms with van der Waals surface area (Å²) < 4.78 is 13.5. The van der Waals surface area contributed by atoms with E-state index in [1.54, 1.807) is 0 Å². The quantitative estimate of drug-likeness (QED) is 0.258. The number of hydrogen-bond acceptors (Lipinski definition) is 8. The van der Waals surface area contributed by atoms with Crippen molar-refractivity contribution in [1.29, 1.82) is 0 Å². The molecule has 272 valence electrons. The SMILES string of the molecule is CCCC1C23C=C4CCC2(C(=C(O)C2CCC5C6CC(CN(C6)C6=CCC(C)CC46)CN5C2C)OC3=O)C12OC(=O)c1c(CCCN)cccc12. The van der Waals surface area contributed by atoms with Crippen molar-refractivity contribution in [2.45, 2.75) is 109 Å². The van der Waals surface area contributed by atoms with Crippen molar-refractivity contribution in [3.63, 3.8) is 0 Å². The average molecular weight is 694 g/mol. The van der Waals surface area contributed by atoms with E-state index in [-0.39, 0.29) is 41.5 Å². The lowest BCUT2D eigenvalue weighted by Gasteiger charge is -2.69. The van der Waals surface area contributed by atoms with Crippen LogP contribution in [-0.4, -0.2) is 65.1 Å². The number of aryl methyl sites for hydroxylation is 1. The number of aliphatic hydroxyl groups excluding tert-OH is 1. The van der Waals surface area contributed by atoms with Crippen molar-refractivity contribution in [2.75, 3.05) is 26.2 Å². The van der Waals surface area contributed by atoms with Gasteiger partial charge >= 0.3 is 11.9 Å². The van der Waals surface area contributed by atoms with Crippen molar-refractivity contribution < 1.29 is 24.2 Å². The van der Waals surface area contributed by atoms with Crippen molar-refractivity contribution in [3.8, 4) is 0 Å². The number of piperidine rings is 3.